The van der Waals surface area contributed by atoms with Crippen molar-refractivity contribution in [3.63, 3.8) is 0 Å². The first-order chi connectivity index (χ1) is 34.3. The minimum absolute atomic E-state index is 0.0244. The van der Waals surface area contributed by atoms with Crippen LogP contribution in [0, 0.1) is 0 Å². The maximum atomic E-state index is 13.5. The van der Waals surface area contributed by atoms with Crippen LogP contribution in [0.1, 0.15) is 124 Å². The molecule has 0 bridgehead atoms. The lowest BCUT2D eigenvalue weighted by molar-refractivity contribution is -0.00168. The second-order valence-electron chi connectivity index (χ2n) is 18.4. The topological polar surface area (TPSA) is 255 Å². The number of hydrogen-bond acceptors (Lipinski definition) is 14. The molecule has 1 aliphatic rings. The molecule has 2 unspecified atom stereocenters. The second-order valence-corrected chi connectivity index (χ2v) is 18.4. The molecule has 72 heavy (non-hydrogen) atoms. The molecule has 10 atom stereocenters. The van der Waals surface area contributed by atoms with Crippen LogP contribution >= 0.6 is 0 Å². The van der Waals surface area contributed by atoms with E-state index in [-0.39, 0.29) is 86.8 Å². The number of carbonyl (C=O) groups excluding carboxylic acids is 2. The number of cyclic esters (lactones) is 2. The Kier molecular flexibility index (Phi) is 27.6. The summed E-state index contributed by atoms with van der Waals surface area (Å²) >= 11 is 0. The van der Waals surface area contributed by atoms with Crippen LogP contribution in [0.2, 0.25) is 0 Å². The molecule has 0 radical (unpaired) electrons. The van der Waals surface area contributed by atoms with Crippen molar-refractivity contribution in [1.82, 2.24) is 0 Å². The summed E-state index contributed by atoms with van der Waals surface area (Å²) in [6.45, 7) is 6.75. The van der Waals surface area contributed by atoms with Crippen LogP contribution in [-0.2, 0) is 9.47 Å². The predicted octanol–water partition coefficient (Wildman–Crippen LogP) is 7.95. The van der Waals surface area contributed by atoms with Crippen molar-refractivity contribution in [2.75, 3.05) is 0 Å². The monoisotopic (exact) mass is 997 g/mol. The lowest BCUT2D eigenvalue weighted by Crippen LogP contribution is -2.27. The van der Waals surface area contributed by atoms with E-state index in [0.717, 1.165) is 11.1 Å². The van der Waals surface area contributed by atoms with Gasteiger partial charge in [-0.2, -0.15) is 0 Å². The number of esters is 2. The third kappa shape index (κ3) is 24.5. The van der Waals surface area contributed by atoms with E-state index in [2.05, 4.69) is 0 Å². The first kappa shape index (κ1) is 60.4. The zero-order chi connectivity index (χ0) is 53.0. The van der Waals surface area contributed by atoms with E-state index >= 15 is 0 Å². The molecule has 0 saturated heterocycles. The molecular formula is C58H76O14. The molecule has 0 aliphatic carbocycles. The molecule has 2 aromatic carbocycles. The molecule has 0 spiro atoms. The van der Waals surface area contributed by atoms with Gasteiger partial charge in [0.15, 0.2) is 0 Å². The zero-order valence-corrected chi connectivity index (χ0v) is 41.8. The van der Waals surface area contributed by atoms with Crippen molar-refractivity contribution in [1.29, 1.82) is 0 Å². The van der Waals surface area contributed by atoms with Crippen molar-refractivity contribution in [2.24, 2.45) is 0 Å². The molecule has 0 aromatic heterocycles. The van der Waals surface area contributed by atoms with Crippen molar-refractivity contribution in [2.45, 2.75) is 153 Å². The number of allylic oxidation sites excluding steroid dienone is 12. The van der Waals surface area contributed by atoms with Crippen LogP contribution in [0.3, 0.4) is 0 Å². The van der Waals surface area contributed by atoms with E-state index < -0.39 is 73.0 Å². The normalized spacial score (nSPS) is 25.7. The van der Waals surface area contributed by atoms with Gasteiger partial charge in [0.1, 0.15) is 34.8 Å². The van der Waals surface area contributed by atoms with Gasteiger partial charge in [-0.05, 0) is 76.6 Å². The first-order valence-electron chi connectivity index (χ1n) is 24.5. The Morgan fingerprint density at radius 2 is 0.875 bits per heavy atom. The Morgan fingerprint density at radius 1 is 0.514 bits per heavy atom. The summed E-state index contributed by atoms with van der Waals surface area (Å²) in [4.78, 5) is 26.9. The third-order valence-electron chi connectivity index (χ3n) is 11.3. The van der Waals surface area contributed by atoms with Crippen LogP contribution in [0.25, 0.3) is 12.2 Å². The van der Waals surface area contributed by atoms with Crippen molar-refractivity contribution in [3.8, 4) is 11.5 Å². The van der Waals surface area contributed by atoms with E-state index in [4.69, 9.17) is 9.47 Å². The van der Waals surface area contributed by atoms with Gasteiger partial charge in [0.2, 0.25) is 0 Å². The van der Waals surface area contributed by atoms with Gasteiger partial charge in [-0.25, -0.2) is 9.59 Å². The third-order valence-corrected chi connectivity index (χ3v) is 11.3. The van der Waals surface area contributed by atoms with Crippen LogP contribution in [-0.4, -0.2) is 124 Å². The molecule has 1 aliphatic heterocycles. The number of aliphatic hydroxyl groups excluding tert-OH is 8. The second kappa shape index (κ2) is 32.9. The highest BCUT2D eigenvalue weighted by Crippen LogP contribution is 2.27. The highest BCUT2D eigenvalue weighted by molar-refractivity contribution is 5.97. The first-order valence-corrected chi connectivity index (χ1v) is 24.5. The Hall–Kier alpha value is -5.94. The molecule has 2 aromatic rings. The average molecular weight is 997 g/mol. The lowest BCUT2D eigenvalue weighted by atomic mass is 10.0. The van der Waals surface area contributed by atoms with Gasteiger partial charge in [0, 0.05) is 38.5 Å². The maximum absolute atomic E-state index is 13.5. The van der Waals surface area contributed by atoms with E-state index in [1.165, 1.54) is 38.1 Å². The summed E-state index contributed by atoms with van der Waals surface area (Å²) in [5.41, 5.74) is 2.27. The van der Waals surface area contributed by atoms with Crippen molar-refractivity contribution in [3.05, 3.63) is 167 Å². The van der Waals surface area contributed by atoms with Gasteiger partial charge in [-0.3, -0.25) is 0 Å². The molecule has 14 heteroatoms. The Morgan fingerprint density at radius 3 is 1.25 bits per heavy atom. The molecule has 0 saturated carbocycles. The number of aromatic hydroxyl groups is 2. The number of carbonyl (C=O) groups is 2. The number of phenols is 2. The summed E-state index contributed by atoms with van der Waals surface area (Å²) in [5.74, 6) is -2.29. The fraction of sp³-hybridized carbons (Fsp3) is 0.414. The minimum Gasteiger partial charge on any atom is -0.507 e. The average Bonchev–Trinajstić information content (AvgIpc) is 3.27. The summed E-state index contributed by atoms with van der Waals surface area (Å²) < 4.78 is 11.5. The van der Waals surface area contributed by atoms with Gasteiger partial charge in [0.25, 0.3) is 0 Å². The predicted molar refractivity (Wildman–Crippen MR) is 281 cm³/mol. The van der Waals surface area contributed by atoms with Crippen LogP contribution in [0.5, 0.6) is 11.5 Å². The molecular weight excluding hydrogens is 921 g/mol. The SMILES string of the molecule is CC1=CC=CC=CC=Cc2cccc(O)c2C(=O)O[C@@H](CC(C)O)C[C@@H](O)CC=C[C@@H](O)C[C@@H](O)CC(C)=CC=CC=CC=Cc2cccc(O)c2C(=O)O[C@@H](C[C@@H](C)O)C[C@@H](O)CC=C[C@@H](O)CC(O)C1. The van der Waals surface area contributed by atoms with Crippen molar-refractivity contribution >= 4 is 24.1 Å². The van der Waals surface area contributed by atoms with Crippen LogP contribution in [0.15, 0.2) is 145 Å². The molecule has 10 N–H and O–H groups in total. The molecule has 0 amide bonds. The Balaban J connectivity index is 1.82. The van der Waals surface area contributed by atoms with Gasteiger partial charge in [-0.1, -0.05) is 145 Å². The lowest BCUT2D eigenvalue weighted by Gasteiger charge is -2.22. The smallest absolute Gasteiger partial charge is 0.342 e. The quantitative estimate of drug-likeness (QED) is 0.103. The van der Waals surface area contributed by atoms with E-state index in [9.17, 15) is 60.7 Å². The summed E-state index contributed by atoms with van der Waals surface area (Å²) in [6.07, 6.45) is 21.8. The number of fused-ring (bicyclic) bond motifs is 2. The molecule has 392 valence electrons. The summed E-state index contributed by atoms with van der Waals surface area (Å²) in [7, 11) is 0. The van der Waals surface area contributed by atoms with Crippen LogP contribution < -0.4 is 0 Å². The standard InChI is InChI=1S/C58H76O14/c1-39-19-11-7-5-9-13-21-43-23-15-29-53(67)55(43)57(69)72-52(34-42(4)60)38-48(64)28-18-26-46(62)36-50(66)32-40(2)20-12-8-6-10-14-22-44-24-16-30-54(68)56(44)58(70)71-51(33-41(3)59)37-47(63)27-17-25-45(61)35-49(65)31-39/h5-26,29-30,41-42,45-52,59-68H,27-28,31-38H2,1-4H3/t41-,42?,45-,46-,47+,48+,49?,50+,51+,52+/m1/s1. The minimum atomic E-state index is -1.01. The molecule has 0 fully saturated rings. The van der Waals surface area contributed by atoms with Crippen LogP contribution in [0.4, 0.5) is 0 Å². The van der Waals surface area contributed by atoms with E-state index in [0.29, 0.717) is 11.1 Å². The number of aliphatic hydroxyl groups is 8. The highest BCUT2D eigenvalue weighted by Gasteiger charge is 2.26. The number of phenolic OH excluding ortho intramolecular Hbond substituents is 2. The molecule has 3 rings (SSSR count). The largest absolute Gasteiger partial charge is 0.507 e. The Labute approximate surface area is 424 Å². The molecule has 1 heterocycles. The van der Waals surface area contributed by atoms with E-state index in [1.54, 1.807) is 109 Å². The van der Waals surface area contributed by atoms with Gasteiger partial charge in [0.05, 0.1) is 48.8 Å². The fourth-order valence-corrected chi connectivity index (χ4v) is 7.89. The molecule has 14 nitrogen and oxygen atoms in total. The number of benzene rings is 2. The van der Waals surface area contributed by atoms with Gasteiger partial charge < -0.3 is 60.5 Å². The van der Waals surface area contributed by atoms with Gasteiger partial charge >= 0.3 is 11.9 Å². The number of hydrogen-bond donors (Lipinski definition) is 10. The van der Waals surface area contributed by atoms with E-state index in [1.807, 2.05) is 26.0 Å². The number of rotatable bonds is 4. The summed E-state index contributed by atoms with van der Waals surface area (Å²) in [5, 5.41) is 106. The fourth-order valence-electron chi connectivity index (χ4n) is 7.89. The highest BCUT2D eigenvalue weighted by atomic mass is 16.5. The zero-order valence-electron chi connectivity index (χ0n) is 41.8. The van der Waals surface area contributed by atoms with Gasteiger partial charge in [-0.15, -0.1) is 0 Å². The number of ether oxygens (including phenoxy) is 2. The Bertz CT molecular complexity index is 2130. The maximum Gasteiger partial charge on any atom is 0.342 e. The van der Waals surface area contributed by atoms with Crippen molar-refractivity contribution < 1.29 is 70.1 Å². The summed E-state index contributed by atoms with van der Waals surface area (Å²) in [6, 6.07) is 9.14.